The van der Waals surface area contributed by atoms with Crippen LogP contribution in [0.1, 0.15) is 24.8 Å². The SMILES string of the molecule is O=C(NCc1ccc2c(c1)OCO2)C1CC2CCC1N2. The van der Waals surface area contributed by atoms with Crippen molar-refractivity contribution in [2.24, 2.45) is 5.92 Å². The maximum atomic E-state index is 12.2. The summed E-state index contributed by atoms with van der Waals surface area (Å²) in [5, 5.41) is 6.54. The van der Waals surface area contributed by atoms with Crippen LogP contribution in [0.5, 0.6) is 11.5 Å². The molecule has 3 unspecified atom stereocenters. The van der Waals surface area contributed by atoms with E-state index >= 15 is 0 Å². The number of ether oxygens (including phenoxy) is 2. The molecule has 1 amide bonds. The van der Waals surface area contributed by atoms with Crippen molar-refractivity contribution in [3.63, 3.8) is 0 Å². The van der Waals surface area contributed by atoms with Crippen LogP contribution in [0.4, 0.5) is 0 Å². The van der Waals surface area contributed by atoms with Gasteiger partial charge in [0.1, 0.15) is 0 Å². The lowest BCUT2D eigenvalue weighted by atomic mass is 9.88. The molecule has 2 fully saturated rings. The third-order valence-electron chi connectivity index (χ3n) is 4.54. The number of carbonyl (C=O) groups excluding carboxylic acids is 1. The topological polar surface area (TPSA) is 59.6 Å². The van der Waals surface area contributed by atoms with Crippen LogP contribution in [0.25, 0.3) is 0 Å². The Labute approximate surface area is 117 Å². The zero-order valence-corrected chi connectivity index (χ0v) is 11.2. The van der Waals surface area contributed by atoms with Crippen LogP contribution in [0, 0.1) is 5.92 Å². The third-order valence-corrected chi connectivity index (χ3v) is 4.54. The lowest BCUT2D eigenvalue weighted by Gasteiger charge is -2.19. The van der Waals surface area contributed by atoms with E-state index in [2.05, 4.69) is 10.6 Å². The van der Waals surface area contributed by atoms with Gasteiger partial charge in [-0.25, -0.2) is 0 Å². The summed E-state index contributed by atoms with van der Waals surface area (Å²) in [7, 11) is 0. The van der Waals surface area contributed by atoms with E-state index in [4.69, 9.17) is 9.47 Å². The number of nitrogens with one attached hydrogen (secondary N) is 2. The van der Waals surface area contributed by atoms with Gasteiger partial charge in [0.15, 0.2) is 11.5 Å². The van der Waals surface area contributed by atoms with Crippen molar-refractivity contribution in [2.45, 2.75) is 37.9 Å². The van der Waals surface area contributed by atoms with Crippen LogP contribution >= 0.6 is 0 Å². The van der Waals surface area contributed by atoms with Gasteiger partial charge in [-0.15, -0.1) is 0 Å². The van der Waals surface area contributed by atoms with Crippen LogP contribution in [0.3, 0.4) is 0 Å². The van der Waals surface area contributed by atoms with E-state index in [0.717, 1.165) is 29.9 Å². The van der Waals surface area contributed by atoms with E-state index in [0.29, 0.717) is 18.6 Å². The van der Waals surface area contributed by atoms with Gasteiger partial charge < -0.3 is 20.1 Å². The second-order valence-corrected chi connectivity index (χ2v) is 5.80. The highest BCUT2D eigenvalue weighted by molar-refractivity contribution is 5.80. The van der Waals surface area contributed by atoms with Crippen molar-refractivity contribution < 1.29 is 14.3 Å². The Kier molecular flexibility index (Phi) is 2.80. The molecule has 3 atom stereocenters. The second kappa shape index (κ2) is 4.66. The summed E-state index contributed by atoms with van der Waals surface area (Å²) in [6.45, 7) is 0.825. The third kappa shape index (κ3) is 2.02. The van der Waals surface area contributed by atoms with Crippen molar-refractivity contribution in [1.29, 1.82) is 0 Å². The summed E-state index contributed by atoms with van der Waals surface area (Å²) in [6.07, 6.45) is 3.33. The fourth-order valence-corrected chi connectivity index (χ4v) is 3.49. The molecule has 2 bridgehead atoms. The molecule has 3 aliphatic rings. The van der Waals surface area contributed by atoms with E-state index < -0.39 is 0 Å². The Hall–Kier alpha value is -1.75. The average molecular weight is 274 g/mol. The summed E-state index contributed by atoms with van der Waals surface area (Å²) in [5.74, 6) is 1.85. The molecule has 1 aromatic carbocycles. The Balaban J connectivity index is 1.37. The smallest absolute Gasteiger partial charge is 0.231 e. The molecular weight excluding hydrogens is 256 g/mol. The van der Waals surface area contributed by atoms with Crippen LogP contribution in [-0.4, -0.2) is 24.8 Å². The fourth-order valence-electron chi connectivity index (χ4n) is 3.49. The summed E-state index contributed by atoms with van der Waals surface area (Å²) < 4.78 is 10.6. The molecule has 0 spiro atoms. The number of amides is 1. The van der Waals surface area contributed by atoms with Crippen molar-refractivity contribution in [2.75, 3.05) is 6.79 Å². The van der Waals surface area contributed by atoms with Gasteiger partial charge in [0.25, 0.3) is 0 Å². The average Bonchev–Trinajstić information content (AvgIpc) is 3.19. The monoisotopic (exact) mass is 274 g/mol. The molecule has 2 saturated heterocycles. The van der Waals surface area contributed by atoms with Gasteiger partial charge in [0.2, 0.25) is 12.7 Å². The largest absolute Gasteiger partial charge is 0.454 e. The van der Waals surface area contributed by atoms with Crippen LogP contribution < -0.4 is 20.1 Å². The van der Waals surface area contributed by atoms with E-state index in [1.807, 2.05) is 18.2 Å². The normalized spacial score (nSPS) is 29.7. The van der Waals surface area contributed by atoms with Crippen LogP contribution in [0.2, 0.25) is 0 Å². The van der Waals surface area contributed by atoms with Crippen LogP contribution in [-0.2, 0) is 11.3 Å². The van der Waals surface area contributed by atoms with E-state index in [9.17, 15) is 4.79 Å². The maximum Gasteiger partial charge on any atom is 0.231 e. The summed E-state index contributed by atoms with van der Waals surface area (Å²) in [4.78, 5) is 12.2. The zero-order valence-electron chi connectivity index (χ0n) is 11.2. The van der Waals surface area contributed by atoms with E-state index in [1.165, 1.54) is 6.42 Å². The number of fused-ring (bicyclic) bond motifs is 3. The number of carbonyl (C=O) groups is 1. The molecule has 0 aliphatic carbocycles. The molecule has 0 saturated carbocycles. The molecule has 3 heterocycles. The molecule has 2 N–H and O–H groups in total. The quantitative estimate of drug-likeness (QED) is 0.868. The first-order chi connectivity index (χ1) is 9.79. The standard InChI is InChI=1S/C15H18N2O3/c18-15(11-6-10-2-3-12(11)17-10)16-7-9-1-4-13-14(5-9)20-8-19-13/h1,4-5,10-12,17H,2-3,6-8H2,(H,16,18). The first-order valence-corrected chi connectivity index (χ1v) is 7.22. The molecule has 3 aliphatic heterocycles. The minimum Gasteiger partial charge on any atom is -0.454 e. The first kappa shape index (κ1) is 12.0. The second-order valence-electron chi connectivity index (χ2n) is 5.80. The Bertz CT molecular complexity index is 546. The molecule has 20 heavy (non-hydrogen) atoms. The van der Waals surface area contributed by atoms with Gasteiger partial charge in [0, 0.05) is 18.6 Å². The molecule has 0 aromatic heterocycles. The molecule has 106 valence electrons. The van der Waals surface area contributed by atoms with Gasteiger partial charge in [-0.1, -0.05) is 6.07 Å². The van der Waals surface area contributed by atoms with Crippen molar-refractivity contribution in [3.8, 4) is 11.5 Å². The molecule has 5 heteroatoms. The Morgan fingerprint density at radius 3 is 3.00 bits per heavy atom. The van der Waals surface area contributed by atoms with Gasteiger partial charge in [-0.2, -0.15) is 0 Å². The Morgan fingerprint density at radius 2 is 2.20 bits per heavy atom. The predicted octanol–water partition coefficient (Wildman–Crippen LogP) is 1.17. The fraction of sp³-hybridized carbons (Fsp3) is 0.533. The number of rotatable bonds is 3. The minimum atomic E-state index is 0.141. The number of hydrogen-bond acceptors (Lipinski definition) is 4. The highest BCUT2D eigenvalue weighted by Crippen LogP contribution is 2.34. The highest BCUT2D eigenvalue weighted by atomic mass is 16.7. The summed E-state index contributed by atoms with van der Waals surface area (Å²) in [6, 6.07) is 6.73. The zero-order chi connectivity index (χ0) is 13.5. The van der Waals surface area contributed by atoms with Gasteiger partial charge in [-0.05, 0) is 37.0 Å². The highest BCUT2D eigenvalue weighted by Gasteiger charge is 2.42. The van der Waals surface area contributed by atoms with Gasteiger partial charge in [0.05, 0.1) is 5.92 Å². The Morgan fingerprint density at radius 1 is 1.30 bits per heavy atom. The number of hydrogen-bond donors (Lipinski definition) is 2. The van der Waals surface area contributed by atoms with Crippen LogP contribution in [0.15, 0.2) is 18.2 Å². The summed E-state index contributed by atoms with van der Waals surface area (Å²) in [5.41, 5.74) is 1.04. The molecule has 5 nitrogen and oxygen atoms in total. The molecule has 4 rings (SSSR count). The maximum absolute atomic E-state index is 12.2. The predicted molar refractivity (Wildman–Crippen MR) is 72.5 cm³/mol. The summed E-state index contributed by atoms with van der Waals surface area (Å²) >= 11 is 0. The number of benzene rings is 1. The van der Waals surface area contributed by atoms with E-state index in [-0.39, 0.29) is 18.6 Å². The first-order valence-electron chi connectivity index (χ1n) is 7.22. The molecular formula is C15H18N2O3. The van der Waals surface area contributed by atoms with Crippen molar-refractivity contribution in [3.05, 3.63) is 23.8 Å². The molecule has 1 aromatic rings. The minimum absolute atomic E-state index is 0.141. The molecule has 0 radical (unpaired) electrons. The lowest BCUT2D eigenvalue weighted by molar-refractivity contribution is -0.125. The van der Waals surface area contributed by atoms with Crippen molar-refractivity contribution >= 4 is 5.91 Å². The van der Waals surface area contributed by atoms with Crippen molar-refractivity contribution in [1.82, 2.24) is 10.6 Å². The van der Waals surface area contributed by atoms with E-state index in [1.54, 1.807) is 0 Å². The van der Waals surface area contributed by atoms with Gasteiger partial charge >= 0.3 is 0 Å². The van der Waals surface area contributed by atoms with Gasteiger partial charge in [-0.3, -0.25) is 4.79 Å². The lowest BCUT2D eigenvalue weighted by Crippen LogP contribution is -2.37.